The van der Waals surface area contributed by atoms with Crippen molar-refractivity contribution in [2.75, 3.05) is 18.4 Å². The van der Waals surface area contributed by atoms with Gasteiger partial charge in [0.25, 0.3) is 0 Å². The number of rotatable bonds is 9. The van der Waals surface area contributed by atoms with Crippen LogP contribution in [-0.2, 0) is 0 Å². The number of allylic oxidation sites excluding steroid dienone is 1. The zero-order chi connectivity index (χ0) is 20.3. The van der Waals surface area contributed by atoms with Crippen LogP contribution in [0.4, 0.5) is 14.6 Å². The molecule has 0 unspecified atom stereocenters. The number of anilines is 1. The van der Waals surface area contributed by atoms with Crippen molar-refractivity contribution in [2.45, 2.75) is 40.0 Å². The Balaban J connectivity index is 1.66. The first-order valence-corrected chi connectivity index (χ1v) is 9.53. The molecule has 3 rings (SSSR count). The Morgan fingerprint density at radius 1 is 1.14 bits per heavy atom. The van der Waals surface area contributed by atoms with Crippen molar-refractivity contribution in [1.29, 1.82) is 0 Å². The van der Waals surface area contributed by atoms with E-state index in [2.05, 4.69) is 46.2 Å². The van der Waals surface area contributed by atoms with Crippen molar-refractivity contribution in [3.63, 3.8) is 0 Å². The lowest BCUT2D eigenvalue weighted by atomic mass is 10.1. The van der Waals surface area contributed by atoms with Crippen molar-refractivity contribution in [3.8, 4) is 0 Å². The third-order valence-corrected chi connectivity index (χ3v) is 4.45. The highest BCUT2D eigenvalue weighted by Crippen LogP contribution is 2.23. The summed E-state index contributed by atoms with van der Waals surface area (Å²) >= 11 is 0. The van der Waals surface area contributed by atoms with Gasteiger partial charge in [0.15, 0.2) is 17.5 Å². The number of fused-ring (bicyclic) bond motifs is 3. The Morgan fingerprint density at radius 2 is 1.86 bits per heavy atom. The number of hydrogen-bond donors (Lipinski definition) is 2. The van der Waals surface area contributed by atoms with Crippen LogP contribution in [0.3, 0.4) is 0 Å². The fourth-order valence-electron chi connectivity index (χ4n) is 3.17. The molecule has 0 aliphatic carbocycles. The maximum Gasteiger partial charge on any atom is 0.204 e. The van der Waals surface area contributed by atoms with Gasteiger partial charge >= 0.3 is 0 Å². The number of nitrogens with zero attached hydrogens (tertiary/aromatic N) is 4. The van der Waals surface area contributed by atoms with E-state index in [1.54, 1.807) is 11.3 Å². The Bertz CT molecular complexity index is 995. The second-order valence-electron chi connectivity index (χ2n) is 7.38. The molecule has 0 aliphatic rings. The van der Waals surface area contributed by atoms with Crippen molar-refractivity contribution in [2.24, 2.45) is 5.92 Å². The molecule has 0 saturated heterocycles. The number of unbranched alkanes of at least 4 members (excludes halogenated alkanes) is 1. The third-order valence-electron chi connectivity index (χ3n) is 4.45. The molecular weight excluding hydrogens is 362 g/mol. The van der Waals surface area contributed by atoms with Crippen LogP contribution >= 0.6 is 0 Å². The molecule has 2 heterocycles. The third kappa shape index (κ3) is 4.37. The van der Waals surface area contributed by atoms with E-state index in [0.717, 1.165) is 43.6 Å². The summed E-state index contributed by atoms with van der Waals surface area (Å²) in [7, 11) is 0. The zero-order valence-electron chi connectivity index (χ0n) is 16.5. The van der Waals surface area contributed by atoms with Crippen LogP contribution in [0.1, 0.15) is 38.9 Å². The first kappa shape index (κ1) is 20.0. The molecule has 0 amide bonds. The summed E-state index contributed by atoms with van der Waals surface area (Å²) in [6.45, 7) is 11.7. The molecule has 0 aliphatic heterocycles. The zero-order valence-corrected chi connectivity index (χ0v) is 16.5. The van der Waals surface area contributed by atoms with Gasteiger partial charge in [0.1, 0.15) is 5.82 Å². The summed E-state index contributed by atoms with van der Waals surface area (Å²) in [6.07, 6.45) is 2.86. The lowest BCUT2D eigenvalue weighted by Gasteiger charge is -2.12. The van der Waals surface area contributed by atoms with E-state index in [9.17, 15) is 8.78 Å². The number of hydrogen-bond acceptors (Lipinski definition) is 5. The molecular formula is C20H26F2N6. The summed E-state index contributed by atoms with van der Waals surface area (Å²) in [4.78, 5) is 4.43. The topological polar surface area (TPSA) is 67.1 Å². The van der Waals surface area contributed by atoms with E-state index in [-0.39, 0.29) is 0 Å². The molecule has 0 radical (unpaired) electrons. The van der Waals surface area contributed by atoms with E-state index in [1.165, 1.54) is 0 Å². The van der Waals surface area contributed by atoms with E-state index >= 15 is 0 Å². The second kappa shape index (κ2) is 8.50. The Kier molecular flexibility index (Phi) is 6.06. The van der Waals surface area contributed by atoms with Crippen LogP contribution < -0.4 is 10.6 Å². The molecule has 150 valence electrons. The van der Waals surface area contributed by atoms with Gasteiger partial charge in [0, 0.05) is 30.9 Å². The van der Waals surface area contributed by atoms with Crippen molar-refractivity contribution in [1.82, 2.24) is 24.9 Å². The summed E-state index contributed by atoms with van der Waals surface area (Å²) in [5.74, 6) is -0.159. The van der Waals surface area contributed by atoms with E-state index < -0.39 is 11.6 Å². The number of nitrogens with one attached hydrogen (secondary N) is 2. The maximum absolute atomic E-state index is 13.7. The van der Waals surface area contributed by atoms with Gasteiger partial charge in [-0.05, 0) is 32.1 Å². The minimum absolute atomic E-state index is 0.350. The highest BCUT2D eigenvalue weighted by molar-refractivity contribution is 5.83. The predicted octanol–water partition coefficient (Wildman–Crippen LogP) is 4.21. The molecule has 2 aromatic heterocycles. The van der Waals surface area contributed by atoms with Crippen LogP contribution in [0.2, 0.25) is 0 Å². The van der Waals surface area contributed by atoms with Gasteiger partial charge in [-0.2, -0.15) is 0 Å². The number of benzene rings is 1. The lowest BCUT2D eigenvalue weighted by molar-refractivity contribution is 0.510. The van der Waals surface area contributed by atoms with Gasteiger partial charge in [0.05, 0.1) is 11.0 Å². The van der Waals surface area contributed by atoms with Crippen LogP contribution in [0.5, 0.6) is 0 Å². The molecule has 6 nitrogen and oxygen atoms in total. The van der Waals surface area contributed by atoms with E-state index in [4.69, 9.17) is 0 Å². The molecule has 0 fully saturated rings. The monoisotopic (exact) mass is 388 g/mol. The minimum Gasteiger partial charge on any atom is -0.389 e. The smallest absolute Gasteiger partial charge is 0.204 e. The normalized spacial score (nSPS) is 11.5. The molecule has 8 heteroatoms. The van der Waals surface area contributed by atoms with Crippen molar-refractivity contribution >= 4 is 22.5 Å². The maximum atomic E-state index is 13.7. The number of halogens is 2. The summed E-state index contributed by atoms with van der Waals surface area (Å²) in [5.41, 5.74) is 2.35. The SMILES string of the molecule is C=C(CC(C)C)NCCCCNc1nc2cc(F)c(F)cc2n2c(C)nnc12. The average molecular weight is 388 g/mol. The quantitative estimate of drug-likeness (QED) is 0.538. The van der Waals surface area contributed by atoms with Gasteiger partial charge in [-0.25, -0.2) is 13.8 Å². The number of aromatic nitrogens is 4. The van der Waals surface area contributed by atoms with Crippen LogP contribution in [0.25, 0.3) is 16.7 Å². The lowest BCUT2D eigenvalue weighted by Crippen LogP contribution is -2.16. The fourth-order valence-corrected chi connectivity index (χ4v) is 3.17. The molecule has 0 saturated carbocycles. The highest BCUT2D eigenvalue weighted by atomic mass is 19.2. The molecule has 2 N–H and O–H groups in total. The average Bonchev–Trinajstić information content (AvgIpc) is 3.01. The van der Waals surface area contributed by atoms with Gasteiger partial charge in [-0.15, -0.1) is 10.2 Å². The standard InChI is InChI=1S/C20H26F2N6/c1-12(2)9-13(3)23-7-5-6-8-24-19-20-27-26-14(4)28(20)18-11-16(22)15(21)10-17(18)25-19/h10-12,23H,3,5-9H2,1-2,4H3,(H,24,25). The summed E-state index contributed by atoms with van der Waals surface area (Å²) in [5, 5.41) is 14.8. The largest absolute Gasteiger partial charge is 0.389 e. The second-order valence-corrected chi connectivity index (χ2v) is 7.38. The van der Waals surface area contributed by atoms with Crippen LogP contribution in [0.15, 0.2) is 24.4 Å². The predicted molar refractivity (Wildman–Crippen MR) is 107 cm³/mol. The first-order valence-electron chi connectivity index (χ1n) is 9.53. The van der Waals surface area contributed by atoms with Gasteiger partial charge in [-0.1, -0.05) is 20.4 Å². The van der Waals surface area contributed by atoms with Gasteiger partial charge < -0.3 is 10.6 Å². The summed E-state index contributed by atoms with van der Waals surface area (Å²) < 4.78 is 29.0. The van der Waals surface area contributed by atoms with Gasteiger partial charge in [0.2, 0.25) is 5.65 Å². The fraction of sp³-hybridized carbons (Fsp3) is 0.450. The highest BCUT2D eigenvalue weighted by Gasteiger charge is 2.15. The first-order chi connectivity index (χ1) is 13.4. The molecule has 28 heavy (non-hydrogen) atoms. The van der Waals surface area contributed by atoms with Crippen LogP contribution in [-0.4, -0.2) is 32.7 Å². The van der Waals surface area contributed by atoms with E-state index in [0.29, 0.717) is 40.8 Å². The Labute approximate surface area is 163 Å². The molecule has 1 aromatic carbocycles. The molecule has 0 atom stereocenters. The van der Waals surface area contributed by atoms with Crippen molar-refractivity contribution in [3.05, 3.63) is 41.9 Å². The Morgan fingerprint density at radius 3 is 2.61 bits per heavy atom. The summed E-state index contributed by atoms with van der Waals surface area (Å²) in [6, 6.07) is 2.22. The molecule has 0 bridgehead atoms. The van der Waals surface area contributed by atoms with Crippen LogP contribution in [0, 0.1) is 24.5 Å². The Hall–Kier alpha value is -2.77. The molecule has 3 aromatic rings. The van der Waals surface area contributed by atoms with Gasteiger partial charge in [-0.3, -0.25) is 4.40 Å². The van der Waals surface area contributed by atoms with Crippen molar-refractivity contribution < 1.29 is 8.78 Å². The number of aryl methyl sites for hydroxylation is 1. The molecule has 0 spiro atoms. The minimum atomic E-state index is -0.927. The van der Waals surface area contributed by atoms with E-state index in [1.807, 2.05) is 0 Å².